The Morgan fingerprint density at radius 2 is 1.81 bits per heavy atom. The number of nitrogens with one attached hydrogen (secondary N) is 1. The Morgan fingerprint density at radius 1 is 1.10 bits per heavy atom. The molecule has 0 saturated carbocycles. The Morgan fingerprint density at radius 3 is 2.39 bits per heavy atom. The summed E-state index contributed by atoms with van der Waals surface area (Å²) in [5.41, 5.74) is -0.286. The van der Waals surface area contributed by atoms with Gasteiger partial charge in [-0.15, -0.1) is 0 Å². The highest BCUT2D eigenvalue weighted by Gasteiger charge is 2.44. The molecule has 0 aliphatic carbocycles. The van der Waals surface area contributed by atoms with Crippen LogP contribution in [0.4, 0.5) is 32.2 Å². The molecular formula is C15H17F6N5O4S. The van der Waals surface area contributed by atoms with Crippen molar-refractivity contribution in [3.8, 4) is 0 Å². The Hall–Kier alpha value is -1.88. The number of nitrogens with zero attached hydrogens (tertiary/aromatic N) is 4. The van der Waals surface area contributed by atoms with E-state index in [0.717, 1.165) is 10.9 Å². The minimum atomic E-state index is -4.60. The van der Waals surface area contributed by atoms with Gasteiger partial charge in [-0.25, -0.2) is 15.0 Å². The van der Waals surface area contributed by atoms with E-state index in [9.17, 15) is 41.7 Å². The second kappa shape index (κ2) is 8.93. The van der Waals surface area contributed by atoms with Crippen molar-refractivity contribution in [2.45, 2.75) is 48.5 Å². The maximum absolute atomic E-state index is 12.6. The molecule has 1 fully saturated rings. The average Bonchev–Trinajstić information content (AvgIpc) is 3.19. The fourth-order valence-corrected chi connectivity index (χ4v) is 3.65. The summed E-state index contributed by atoms with van der Waals surface area (Å²) in [6, 6.07) is 0. The molecule has 3 rings (SSSR count). The third-order valence-corrected chi connectivity index (χ3v) is 5.11. The molecular weight excluding hydrogens is 460 g/mol. The summed E-state index contributed by atoms with van der Waals surface area (Å²) in [5.74, 6) is -0.849. The number of hydrogen-bond acceptors (Lipinski definition) is 9. The van der Waals surface area contributed by atoms with Gasteiger partial charge >= 0.3 is 12.4 Å². The molecule has 16 heteroatoms. The molecule has 31 heavy (non-hydrogen) atoms. The van der Waals surface area contributed by atoms with Crippen LogP contribution in [0, 0.1) is 0 Å². The zero-order valence-electron chi connectivity index (χ0n) is 15.4. The molecule has 0 unspecified atom stereocenters. The Kier molecular flexibility index (Phi) is 6.85. The molecule has 2 aromatic rings. The number of aromatic nitrogens is 4. The molecule has 1 aliphatic heterocycles. The van der Waals surface area contributed by atoms with Crippen molar-refractivity contribution in [3.63, 3.8) is 0 Å². The topological polar surface area (TPSA) is 126 Å². The van der Waals surface area contributed by atoms with Crippen LogP contribution >= 0.6 is 11.8 Å². The van der Waals surface area contributed by atoms with Crippen LogP contribution in [0.5, 0.6) is 0 Å². The molecule has 0 radical (unpaired) electrons. The van der Waals surface area contributed by atoms with E-state index in [4.69, 9.17) is 4.74 Å². The van der Waals surface area contributed by atoms with Crippen molar-refractivity contribution in [1.82, 2.24) is 19.5 Å². The number of ether oxygens (including phenoxy) is 1. The van der Waals surface area contributed by atoms with Gasteiger partial charge in [-0.3, -0.25) is 4.57 Å². The number of fused-ring (bicyclic) bond motifs is 1. The number of hydrogen-bond donors (Lipinski definition) is 4. The molecule has 0 amide bonds. The first-order chi connectivity index (χ1) is 14.4. The monoisotopic (exact) mass is 477 g/mol. The van der Waals surface area contributed by atoms with E-state index in [0.29, 0.717) is 11.8 Å². The van der Waals surface area contributed by atoms with Gasteiger partial charge < -0.3 is 25.4 Å². The van der Waals surface area contributed by atoms with Crippen molar-refractivity contribution in [2.75, 3.05) is 24.2 Å². The molecule has 3 heterocycles. The molecule has 9 nitrogen and oxygen atoms in total. The molecule has 4 atom stereocenters. The van der Waals surface area contributed by atoms with Crippen molar-refractivity contribution in [2.24, 2.45) is 0 Å². The lowest BCUT2D eigenvalue weighted by molar-refractivity contribution is -0.129. The standard InChI is InChI=1S/C15H17F6N5O4S/c16-14(17,18)1-2-31-13-24-10(22-4-15(19,20)21)7-11(25-13)26(5-23-7)12-9(29)8(28)6(3-27)30-12/h5-6,8-9,12,27-29H,1-4H2,(H,22,24,25)/t6-,8-,9-,12-/m1/s1. The van der Waals surface area contributed by atoms with Gasteiger partial charge in [-0.1, -0.05) is 11.8 Å². The van der Waals surface area contributed by atoms with E-state index in [1.165, 1.54) is 0 Å². The van der Waals surface area contributed by atoms with E-state index in [1.807, 2.05) is 5.32 Å². The van der Waals surface area contributed by atoms with E-state index < -0.39 is 62.2 Å². The quantitative estimate of drug-likeness (QED) is 0.266. The van der Waals surface area contributed by atoms with Gasteiger partial charge in [0.05, 0.1) is 19.4 Å². The third kappa shape index (κ3) is 5.68. The highest BCUT2D eigenvalue weighted by Crippen LogP contribution is 2.34. The van der Waals surface area contributed by atoms with E-state index in [1.54, 1.807) is 0 Å². The van der Waals surface area contributed by atoms with E-state index >= 15 is 0 Å². The number of alkyl halides is 6. The molecule has 0 bridgehead atoms. The number of thioether (sulfide) groups is 1. The van der Waals surface area contributed by atoms with Crippen LogP contribution in [-0.2, 0) is 4.74 Å². The normalized spacial score (nSPS) is 24.8. The van der Waals surface area contributed by atoms with Crippen molar-refractivity contribution in [3.05, 3.63) is 6.33 Å². The summed E-state index contributed by atoms with van der Waals surface area (Å²) in [6.07, 6.45) is -14.6. The summed E-state index contributed by atoms with van der Waals surface area (Å²) in [7, 11) is 0. The zero-order chi connectivity index (χ0) is 23.0. The predicted octanol–water partition coefficient (Wildman–Crippen LogP) is 1.46. The predicted molar refractivity (Wildman–Crippen MR) is 94.3 cm³/mol. The molecule has 1 aliphatic rings. The highest BCUT2D eigenvalue weighted by atomic mass is 32.2. The lowest BCUT2D eigenvalue weighted by Crippen LogP contribution is -2.33. The van der Waals surface area contributed by atoms with Crippen LogP contribution in [0.15, 0.2) is 11.5 Å². The number of aliphatic hydroxyl groups is 3. The number of imidazole rings is 1. The maximum atomic E-state index is 12.6. The zero-order valence-corrected chi connectivity index (χ0v) is 16.2. The second-order valence-corrected chi connectivity index (χ2v) is 7.65. The maximum Gasteiger partial charge on any atom is 0.405 e. The fourth-order valence-electron chi connectivity index (χ4n) is 2.82. The largest absolute Gasteiger partial charge is 0.405 e. The first kappa shape index (κ1) is 23.8. The number of anilines is 1. The number of rotatable bonds is 7. The van der Waals surface area contributed by atoms with Crippen LogP contribution < -0.4 is 5.32 Å². The summed E-state index contributed by atoms with van der Waals surface area (Å²) < 4.78 is 81.6. The molecule has 2 aromatic heterocycles. The molecule has 4 N–H and O–H groups in total. The Bertz CT molecular complexity index is 910. The summed E-state index contributed by atoms with van der Waals surface area (Å²) >= 11 is 0.573. The molecule has 0 aromatic carbocycles. The summed E-state index contributed by atoms with van der Waals surface area (Å²) in [6.45, 7) is -2.10. The minimum Gasteiger partial charge on any atom is -0.394 e. The molecule has 1 saturated heterocycles. The minimum absolute atomic E-state index is 0.135. The van der Waals surface area contributed by atoms with Gasteiger partial charge in [-0.05, 0) is 0 Å². The van der Waals surface area contributed by atoms with Crippen LogP contribution in [-0.4, -0.2) is 84.4 Å². The van der Waals surface area contributed by atoms with Gasteiger partial charge in [0.25, 0.3) is 0 Å². The summed E-state index contributed by atoms with van der Waals surface area (Å²) in [5, 5.41) is 31.1. The number of aliphatic hydroxyl groups excluding tert-OH is 3. The SMILES string of the molecule is OC[C@H]1O[C@@H](n2cnc3c(NCC(F)(F)F)nc(SCCC(F)(F)F)nc32)[C@H](O)[C@@H]1O. The van der Waals surface area contributed by atoms with Crippen LogP contribution in [0.3, 0.4) is 0 Å². The Labute approximate surface area is 174 Å². The first-order valence-corrected chi connectivity index (χ1v) is 9.75. The second-order valence-electron chi connectivity index (χ2n) is 6.59. The lowest BCUT2D eigenvalue weighted by atomic mass is 10.1. The van der Waals surface area contributed by atoms with Crippen LogP contribution in [0.1, 0.15) is 12.6 Å². The highest BCUT2D eigenvalue weighted by molar-refractivity contribution is 7.99. The van der Waals surface area contributed by atoms with Gasteiger partial charge in [0.1, 0.15) is 24.9 Å². The summed E-state index contributed by atoms with van der Waals surface area (Å²) in [4.78, 5) is 11.8. The first-order valence-electron chi connectivity index (χ1n) is 8.77. The number of halogens is 6. The van der Waals surface area contributed by atoms with Gasteiger partial charge in [0.2, 0.25) is 0 Å². The van der Waals surface area contributed by atoms with Crippen LogP contribution in [0.25, 0.3) is 11.2 Å². The fraction of sp³-hybridized carbons (Fsp3) is 0.667. The van der Waals surface area contributed by atoms with E-state index in [2.05, 4.69) is 15.0 Å². The third-order valence-electron chi connectivity index (χ3n) is 4.27. The van der Waals surface area contributed by atoms with Gasteiger partial charge in [0, 0.05) is 5.75 Å². The van der Waals surface area contributed by atoms with Crippen molar-refractivity contribution >= 4 is 28.7 Å². The van der Waals surface area contributed by atoms with Gasteiger partial charge in [-0.2, -0.15) is 26.3 Å². The lowest BCUT2D eigenvalue weighted by Gasteiger charge is -2.17. The average molecular weight is 477 g/mol. The van der Waals surface area contributed by atoms with Crippen molar-refractivity contribution in [1.29, 1.82) is 0 Å². The Balaban J connectivity index is 1.96. The smallest absolute Gasteiger partial charge is 0.394 e. The molecule has 174 valence electrons. The molecule has 0 spiro atoms. The van der Waals surface area contributed by atoms with Crippen LogP contribution in [0.2, 0.25) is 0 Å². The van der Waals surface area contributed by atoms with Crippen molar-refractivity contribution < 1.29 is 46.4 Å². The van der Waals surface area contributed by atoms with E-state index in [-0.39, 0.29) is 22.1 Å². The van der Waals surface area contributed by atoms with Gasteiger partial charge in [0.15, 0.2) is 28.4 Å².